The van der Waals surface area contributed by atoms with Crippen molar-refractivity contribution in [2.24, 2.45) is 0 Å². The first-order valence-electron chi connectivity index (χ1n) is 9.39. The quantitative estimate of drug-likeness (QED) is 0.617. The zero-order valence-electron chi connectivity index (χ0n) is 15.5. The van der Waals surface area contributed by atoms with Gasteiger partial charge in [0.25, 0.3) is 0 Å². The molecule has 8 nitrogen and oxygen atoms in total. The maximum Gasteiger partial charge on any atom is 0.354 e. The van der Waals surface area contributed by atoms with Crippen LogP contribution in [0.15, 0.2) is 18.5 Å². The average molecular weight is 371 g/mol. The monoisotopic (exact) mass is 371 g/mol. The molecule has 0 fully saturated rings. The number of carboxylic acids is 1. The van der Waals surface area contributed by atoms with Crippen LogP contribution in [-0.4, -0.2) is 45.0 Å². The van der Waals surface area contributed by atoms with Gasteiger partial charge < -0.3 is 15.7 Å². The molecule has 2 aromatic rings. The van der Waals surface area contributed by atoms with Gasteiger partial charge in [-0.05, 0) is 37.3 Å². The Morgan fingerprint density at radius 1 is 1.22 bits per heavy atom. The van der Waals surface area contributed by atoms with E-state index in [4.69, 9.17) is 0 Å². The number of carbonyl (C=O) groups is 2. The van der Waals surface area contributed by atoms with Crippen LogP contribution in [0.25, 0.3) is 11.3 Å². The van der Waals surface area contributed by atoms with Gasteiger partial charge in [0.1, 0.15) is 5.69 Å². The Balaban J connectivity index is 1.66. The molecule has 0 bridgehead atoms. The molecule has 1 aliphatic rings. The molecule has 1 aliphatic carbocycles. The molecule has 144 valence electrons. The zero-order chi connectivity index (χ0) is 19.2. The minimum atomic E-state index is -0.966. The Morgan fingerprint density at radius 3 is 2.74 bits per heavy atom. The number of carbonyl (C=O) groups excluding carboxylic acids is 1. The van der Waals surface area contributed by atoms with E-state index < -0.39 is 5.97 Å². The average Bonchev–Trinajstić information content (AvgIpc) is 3.04. The van der Waals surface area contributed by atoms with Crippen LogP contribution >= 0.6 is 0 Å². The highest BCUT2D eigenvalue weighted by Gasteiger charge is 2.27. The van der Waals surface area contributed by atoms with Gasteiger partial charge in [0.15, 0.2) is 0 Å². The van der Waals surface area contributed by atoms with E-state index in [9.17, 15) is 14.7 Å². The second-order valence-electron chi connectivity index (χ2n) is 6.63. The van der Waals surface area contributed by atoms with Crippen molar-refractivity contribution in [3.8, 4) is 11.3 Å². The highest BCUT2D eigenvalue weighted by atomic mass is 16.4. The summed E-state index contributed by atoms with van der Waals surface area (Å²) >= 11 is 0. The summed E-state index contributed by atoms with van der Waals surface area (Å²) in [4.78, 5) is 27.6. The number of urea groups is 1. The van der Waals surface area contributed by atoms with Crippen molar-refractivity contribution in [3.63, 3.8) is 0 Å². The van der Waals surface area contributed by atoms with Gasteiger partial charge in [-0.15, -0.1) is 0 Å². The summed E-state index contributed by atoms with van der Waals surface area (Å²) in [5.74, 6) is -0.966. The van der Waals surface area contributed by atoms with E-state index in [0.29, 0.717) is 32.5 Å². The summed E-state index contributed by atoms with van der Waals surface area (Å²) in [6.07, 6.45) is 7.51. The second-order valence-corrected chi connectivity index (χ2v) is 6.63. The number of fused-ring (bicyclic) bond motifs is 3. The number of pyridine rings is 1. The van der Waals surface area contributed by atoms with E-state index in [0.717, 1.165) is 41.6 Å². The van der Waals surface area contributed by atoms with Gasteiger partial charge in [0.2, 0.25) is 0 Å². The van der Waals surface area contributed by atoms with Crippen LogP contribution in [0, 0.1) is 0 Å². The second kappa shape index (κ2) is 8.66. The lowest BCUT2D eigenvalue weighted by Crippen LogP contribution is -2.36. The molecule has 0 aliphatic heterocycles. The fraction of sp³-hybridized carbons (Fsp3) is 0.474. The van der Waals surface area contributed by atoms with Crippen LogP contribution in [-0.2, 0) is 19.4 Å². The largest absolute Gasteiger partial charge is 0.477 e. The molecular formula is C19H25N5O3. The number of nitrogens with one attached hydrogen (secondary N) is 2. The molecule has 0 atom stereocenters. The molecule has 0 radical (unpaired) electrons. The maximum atomic E-state index is 11.8. The van der Waals surface area contributed by atoms with Crippen molar-refractivity contribution < 1.29 is 14.7 Å². The maximum absolute atomic E-state index is 11.8. The topological polar surface area (TPSA) is 109 Å². The third kappa shape index (κ3) is 4.27. The Hall–Kier alpha value is -2.90. The summed E-state index contributed by atoms with van der Waals surface area (Å²) in [6.45, 7) is 3.62. The van der Waals surface area contributed by atoms with Gasteiger partial charge >= 0.3 is 12.0 Å². The van der Waals surface area contributed by atoms with Gasteiger partial charge in [-0.2, -0.15) is 5.10 Å². The van der Waals surface area contributed by atoms with Crippen molar-refractivity contribution in [2.75, 3.05) is 13.1 Å². The number of hydrogen-bond acceptors (Lipinski definition) is 4. The van der Waals surface area contributed by atoms with Crippen LogP contribution in [0.2, 0.25) is 0 Å². The fourth-order valence-electron chi connectivity index (χ4n) is 3.34. The van der Waals surface area contributed by atoms with Crippen LogP contribution in [0.1, 0.15) is 47.8 Å². The normalized spacial score (nSPS) is 12.2. The zero-order valence-corrected chi connectivity index (χ0v) is 15.5. The number of carboxylic acid groups (broad SMARTS) is 1. The van der Waals surface area contributed by atoms with Crippen molar-refractivity contribution in [1.29, 1.82) is 0 Å². The van der Waals surface area contributed by atoms with Crippen molar-refractivity contribution >= 4 is 12.0 Å². The lowest BCUT2D eigenvalue weighted by Gasteiger charge is -2.14. The molecule has 0 saturated carbocycles. The molecule has 3 N–H and O–H groups in total. The number of aryl methyl sites for hydroxylation is 2. The standard InChI is InChI=1S/C19H25N5O3/c1-2-3-8-21-19(27)22-9-4-11-24-17(18(25)26)15-6-5-13-12-20-10-7-14(13)16(15)23-24/h7,10,12H,2-6,8-9,11H2,1H3,(H,25,26)(H2,21,22,27). The lowest BCUT2D eigenvalue weighted by atomic mass is 9.90. The minimum absolute atomic E-state index is 0.192. The molecule has 0 unspecified atom stereocenters. The predicted molar refractivity (Wildman–Crippen MR) is 101 cm³/mol. The van der Waals surface area contributed by atoms with Crippen LogP contribution in [0.4, 0.5) is 4.79 Å². The summed E-state index contributed by atoms with van der Waals surface area (Å²) in [6, 6.07) is 1.70. The van der Waals surface area contributed by atoms with E-state index in [1.807, 2.05) is 12.3 Å². The molecule has 0 saturated heterocycles. The summed E-state index contributed by atoms with van der Waals surface area (Å²) in [5, 5.41) is 19.8. The fourth-order valence-corrected chi connectivity index (χ4v) is 3.34. The van der Waals surface area contributed by atoms with Crippen LogP contribution < -0.4 is 10.6 Å². The lowest BCUT2D eigenvalue weighted by molar-refractivity contribution is 0.0681. The van der Waals surface area contributed by atoms with E-state index in [-0.39, 0.29) is 11.7 Å². The first kappa shape index (κ1) is 18.9. The minimum Gasteiger partial charge on any atom is -0.477 e. The third-order valence-electron chi connectivity index (χ3n) is 4.70. The van der Waals surface area contributed by atoms with Crippen molar-refractivity contribution in [1.82, 2.24) is 25.4 Å². The molecule has 2 amide bonds. The number of hydrogen-bond donors (Lipinski definition) is 3. The third-order valence-corrected chi connectivity index (χ3v) is 4.70. The number of aromatic carboxylic acids is 1. The van der Waals surface area contributed by atoms with Crippen LogP contribution in [0.5, 0.6) is 0 Å². The smallest absolute Gasteiger partial charge is 0.354 e. The van der Waals surface area contributed by atoms with Crippen molar-refractivity contribution in [2.45, 2.75) is 45.6 Å². The van der Waals surface area contributed by atoms with E-state index in [1.54, 1.807) is 10.9 Å². The Morgan fingerprint density at radius 2 is 2.00 bits per heavy atom. The SMILES string of the molecule is CCCCNC(=O)NCCCn1nc2c(c1C(=O)O)CCc1cnccc1-2. The number of rotatable bonds is 8. The molecule has 2 aromatic heterocycles. The molecule has 0 aromatic carbocycles. The summed E-state index contributed by atoms with van der Waals surface area (Å²) < 4.78 is 1.55. The van der Waals surface area contributed by atoms with Gasteiger partial charge in [0, 0.05) is 43.2 Å². The molecule has 2 heterocycles. The molecule has 27 heavy (non-hydrogen) atoms. The van der Waals surface area contributed by atoms with E-state index in [1.165, 1.54) is 0 Å². The van der Waals surface area contributed by atoms with Crippen LogP contribution in [0.3, 0.4) is 0 Å². The van der Waals surface area contributed by atoms with Gasteiger partial charge in [-0.3, -0.25) is 9.67 Å². The summed E-state index contributed by atoms with van der Waals surface area (Å²) in [7, 11) is 0. The van der Waals surface area contributed by atoms with E-state index >= 15 is 0 Å². The first-order chi connectivity index (χ1) is 13.1. The van der Waals surface area contributed by atoms with Gasteiger partial charge in [-0.1, -0.05) is 13.3 Å². The Kier molecular flexibility index (Phi) is 6.05. The van der Waals surface area contributed by atoms with Gasteiger partial charge in [-0.25, -0.2) is 9.59 Å². The van der Waals surface area contributed by atoms with E-state index in [2.05, 4.69) is 27.6 Å². The number of nitrogens with zero attached hydrogens (tertiary/aromatic N) is 3. The Bertz CT molecular complexity index is 831. The molecule has 8 heteroatoms. The number of amides is 2. The highest BCUT2D eigenvalue weighted by molar-refractivity contribution is 5.90. The summed E-state index contributed by atoms with van der Waals surface area (Å²) in [5.41, 5.74) is 3.82. The molecular weight excluding hydrogens is 346 g/mol. The first-order valence-corrected chi connectivity index (χ1v) is 9.39. The Labute approximate surface area is 158 Å². The number of unbranched alkanes of at least 4 members (excludes halogenated alkanes) is 1. The van der Waals surface area contributed by atoms with Crippen molar-refractivity contribution in [3.05, 3.63) is 35.3 Å². The molecule has 0 spiro atoms. The number of aromatic nitrogens is 3. The predicted octanol–water partition coefficient (Wildman–Crippen LogP) is 2.23. The highest BCUT2D eigenvalue weighted by Crippen LogP contribution is 2.34. The van der Waals surface area contributed by atoms with Gasteiger partial charge in [0.05, 0.1) is 5.69 Å². The molecule has 3 rings (SSSR count).